The molecule has 7 nitrogen and oxygen atoms in total. The van der Waals surface area contributed by atoms with E-state index in [1.807, 2.05) is 13.0 Å². The lowest BCUT2D eigenvalue weighted by Crippen LogP contribution is -2.32. The van der Waals surface area contributed by atoms with Crippen LogP contribution in [0.25, 0.3) is 0 Å². The number of methoxy groups -OCH3 is 2. The molecule has 2 N–H and O–H groups in total. The van der Waals surface area contributed by atoms with Gasteiger partial charge in [0.25, 0.3) is 0 Å². The Kier molecular flexibility index (Phi) is 6.11. The Morgan fingerprint density at radius 3 is 2.48 bits per heavy atom. The Balaban J connectivity index is 1.99. The van der Waals surface area contributed by atoms with E-state index in [0.717, 1.165) is 5.56 Å². The Hall–Kier alpha value is -3.35. The molecule has 0 heterocycles. The maximum atomic E-state index is 11.8. The van der Waals surface area contributed by atoms with Gasteiger partial charge in [-0.05, 0) is 36.8 Å². The zero-order valence-electron chi connectivity index (χ0n) is 14.2. The van der Waals surface area contributed by atoms with Crippen LogP contribution in [-0.2, 0) is 9.59 Å². The molecule has 0 radical (unpaired) electrons. The Labute approximate surface area is 145 Å². The second-order valence-corrected chi connectivity index (χ2v) is 5.11. The zero-order chi connectivity index (χ0) is 18.2. The van der Waals surface area contributed by atoms with Crippen molar-refractivity contribution >= 4 is 23.7 Å². The molecule has 2 aromatic carbocycles. The number of aryl methyl sites for hydroxylation is 1. The van der Waals surface area contributed by atoms with Gasteiger partial charge >= 0.3 is 11.8 Å². The first kappa shape index (κ1) is 18.0. The summed E-state index contributed by atoms with van der Waals surface area (Å²) in [6.07, 6.45) is 1.37. The molecule has 0 bridgehead atoms. The molecule has 130 valence electrons. The minimum atomic E-state index is -0.875. The number of carbonyl (C=O) groups excluding carboxylic acids is 2. The lowest BCUT2D eigenvalue weighted by Gasteiger charge is -2.09. The molecule has 0 fully saturated rings. The third-order valence-electron chi connectivity index (χ3n) is 3.29. The standard InChI is InChI=1S/C18H19N3O4/c1-12-6-4-8-14(10-12)20-17(22)18(23)21-19-11-13-7-5-9-15(24-2)16(13)25-3/h4-11H,1-3H3,(H,20,22)(H,21,23)/b19-11-. The molecule has 0 aliphatic carbocycles. The van der Waals surface area contributed by atoms with Crippen LogP contribution >= 0.6 is 0 Å². The fourth-order valence-corrected chi connectivity index (χ4v) is 2.14. The zero-order valence-corrected chi connectivity index (χ0v) is 14.2. The van der Waals surface area contributed by atoms with E-state index in [0.29, 0.717) is 22.7 Å². The van der Waals surface area contributed by atoms with Gasteiger partial charge in [-0.2, -0.15) is 5.10 Å². The quantitative estimate of drug-likeness (QED) is 0.495. The highest BCUT2D eigenvalue weighted by Crippen LogP contribution is 2.29. The average Bonchev–Trinajstić information content (AvgIpc) is 2.61. The maximum absolute atomic E-state index is 11.8. The molecular formula is C18H19N3O4. The number of nitrogens with one attached hydrogen (secondary N) is 2. The highest BCUT2D eigenvalue weighted by Gasteiger charge is 2.13. The third kappa shape index (κ3) is 4.81. The van der Waals surface area contributed by atoms with Crippen LogP contribution in [0.1, 0.15) is 11.1 Å². The summed E-state index contributed by atoms with van der Waals surface area (Å²) >= 11 is 0. The lowest BCUT2D eigenvalue weighted by atomic mass is 10.2. The average molecular weight is 341 g/mol. The number of nitrogens with zero attached hydrogens (tertiary/aromatic N) is 1. The largest absolute Gasteiger partial charge is 0.493 e. The van der Waals surface area contributed by atoms with Crippen molar-refractivity contribution < 1.29 is 19.1 Å². The van der Waals surface area contributed by atoms with Gasteiger partial charge in [-0.3, -0.25) is 9.59 Å². The van der Waals surface area contributed by atoms with Gasteiger partial charge in [0, 0.05) is 11.3 Å². The summed E-state index contributed by atoms with van der Waals surface area (Å²) in [7, 11) is 3.03. The molecule has 0 atom stereocenters. The van der Waals surface area contributed by atoms with Gasteiger partial charge in [0.1, 0.15) is 0 Å². The summed E-state index contributed by atoms with van der Waals surface area (Å²) in [4.78, 5) is 23.7. The normalized spacial score (nSPS) is 10.4. The van der Waals surface area contributed by atoms with Crippen LogP contribution in [0.15, 0.2) is 47.6 Å². The first-order chi connectivity index (χ1) is 12.0. The van der Waals surface area contributed by atoms with Crippen LogP contribution < -0.4 is 20.2 Å². The number of amides is 2. The number of carbonyl (C=O) groups is 2. The van der Waals surface area contributed by atoms with Gasteiger partial charge in [-0.25, -0.2) is 5.43 Å². The number of hydrogen-bond donors (Lipinski definition) is 2. The monoisotopic (exact) mass is 341 g/mol. The van der Waals surface area contributed by atoms with E-state index >= 15 is 0 Å². The van der Waals surface area contributed by atoms with Crippen LogP contribution in [0, 0.1) is 6.92 Å². The van der Waals surface area contributed by atoms with Crippen LogP contribution in [0.4, 0.5) is 5.69 Å². The summed E-state index contributed by atoms with van der Waals surface area (Å²) in [6, 6.07) is 12.4. The predicted molar refractivity (Wildman–Crippen MR) is 95.1 cm³/mol. The summed E-state index contributed by atoms with van der Waals surface area (Å²) in [6.45, 7) is 1.89. The number of anilines is 1. The molecule has 2 rings (SSSR count). The molecule has 25 heavy (non-hydrogen) atoms. The highest BCUT2D eigenvalue weighted by molar-refractivity contribution is 6.39. The third-order valence-corrected chi connectivity index (χ3v) is 3.29. The number of benzene rings is 2. The van der Waals surface area contributed by atoms with E-state index in [2.05, 4.69) is 15.8 Å². The fraction of sp³-hybridized carbons (Fsp3) is 0.167. The van der Waals surface area contributed by atoms with Gasteiger partial charge in [0.05, 0.1) is 20.4 Å². The topological polar surface area (TPSA) is 89.0 Å². The summed E-state index contributed by atoms with van der Waals surface area (Å²) in [5.74, 6) is -0.665. The van der Waals surface area contributed by atoms with Crippen LogP contribution in [-0.4, -0.2) is 32.2 Å². The van der Waals surface area contributed by atoms with E-state index in [1.165, 1.54) is 20.4 Å². The number of para-hydroxylation sites is 1. The molecule has 0 spiro atoms. The van der Waals surface area contributed by atoms with Crippen molar-refractivity contribution in [2.75, 3.05) is 19.5 Å². The van der Waals surface area contributed by atoms with Crippen molar-refractivity contribution in [3.8, 4) is 11.5 Å². The fourth-order valence-electron chi connectivity index (χ4n) is 2.14. The molecule has 0 aliphatic rings. The molecule has 0 unspecified atom stereocenters. The molecule has 0 saturated heterocycles. The molecule has 2 amide bonds. The molecule has 0 saturated carbocycles. The van der Waals surface area contributed by atoms with Crippen molar-refractivity contribution in [3.63, 3.8) is 0 Å². The molecule has 7 heteroatoms. The Morgan fingerprint density at radius 2 is 1.80 bits per heavy atom. The van der Waals surface area contributed by atoms with Gasteiger partial charge in [-0.15, -0.1) is 0 Å². The number of rotatable bonds is 5. The van der Waals surface area contributed by atoms with E-state index in [4.69, 9.17) is 9.47 Å². The first-order valence-electron chi connectivity index (χ1n) is 7.47. The maximum Gasteiger partial charge on any atom is 0.329 e. The van der Waals surface area contributed by atoms with Crippen LogP contribution in [0.2, 0.25) is 0 Å². The molecular weight excluding hydrogens is 322 g/mol. The van der Waals surface area contributed by atoms with E-state index < -0.39 is 11.8 Å². The van der Waals surface area contributed by atoms with Gasteiger partial charge in [0.15, 0.2) is 11.5 Å². The first-order valence-corrected chi connectivity index (χ1v) is 7.47. The molecule has 0 aliphatic heterocycles. The van der Waals surface area contributed by atoms with E-state index in [1.54, 1.807) is 36.4 Å². The molecule has 2 aromatic rings. The van der Waals surface area contributed by atoms with Crippen molar-refractivity contribution in [1.29, 1.82) is 0 Å². The van der Waals surface area contributed by atoms with Crippen molar-refractivity contribution in [2.45, 2.75) is 6.92 Å². The van der Waals surface area contributed by atoms with Crippen molar-refractivity contribution in [1.82, 2.24) is 5.43 Å². The number of hydrazone groups is 1. The number of hydrogen-bond acceptors (Lipinski definition) is 5. The Morgan fingerprint density at radius 1 is 1.04 bits per heavy atom. The Bertz CT molecular complexity index is 803. The number of ether oxygens (including phenoxy) is 2. The predicted octanol–water partition coefficient (Wildman–Crippen LogP) is 2.10. The van der Waals surface area contributed by atoms with Crippen molar-refractivity contribution in [2.24, 2.45) is 5.10 Å². The van der Waals surface area contributed by atoms with E-state index in [-0.39, 0.29) is 0 Å². The second kappa shape index (κ2) is 8.49. The van der Waals surface area contributed by atoms with E-state index in [9.17, 15) is 9.59 Å². The summed E-state index contributed by atoms with van der Waals surface area (Å²) in [5.41, 5.74) is 4.29. The van der Waals surface area contributed by atoms with Gasteiger partial charge in [-0.1, -0.05) is 18.2 Å². The lowest BCUT2D eigenvalue weighted by molar-refractivity contribution is -0.136. The van der Waals surface area contributed by atoms with Gasteiger partial charge in [0.2, 0.25) is 0 Å². The van der Waals surface area contributed by atoms with Gasteiger partial charge < -0.3 is 14.8 Å². The minimum Gasteiger partial charge on any atom is -0.493 e. The second-order valence-electron chi connectivity index (χ2n) is 5.11. The van der Waals surface area contributed by atoms with Crippen LogP contribution in [0.3, 0.4) is 0 Å². The van der Waals surface area contributed by atoms with Crippen molar-refractivity contribution in [3.05, 3.63) is 53.6 Å². The molecule has 0 aromatic heterocycles. The minimum absolute atomic E-state index is 0.479. The van der Waals surface area contributed by atoms with Crippen LogP contribution in [0.5, 0.6) is 11.5 Å². The highest BCUT2D eigenvalue weighted by atomic mass is 16.5. The summed E-state index contributed by atoms with van der Waals surface area (Å²) in [5, 5.41) is 6.29. The SMILES string of the molecule is COc1cccc(/C=N\NC(=O)C(=O)Nc2cccc(C)c2)c1OC. The summed E-state index contributed by atoms with van der Waals surface area (Å²) < 4.78 is 10.4. The smallest absolute Gasteiger partial charge is 0.329 e.